The Hall–Kier alpha value is -1.95. The fraction of sp³-hybridized carbons (Fsp3) is 0.214. The van der Waals surface area contributed by atoms with Crippen molar-refractivity contribution in [1.29, 1.82) is 0 Å². The van der Waals surface area contributed by atoms with Crippen LogP contribution >= 0.6 is 15.9 Å². The van der Waals surface area contributed by atoms with Crippen LogP contribution in [0.4, 0.5) is 11.6 Å². The predicted molar refractivity (Wildman–Crippen MR) is 83.0 cm³/mol. The molecule has 2 aromatic rings. The molecule has 0 atom stereocenters. The minimum Gasteiger partial charge on any atom is -0.370 e. The van der Waals surface area contributed by atoms with Crippen LogP contribution < -0.4 is 10.6 Å². The maximum Gasteiger partial charge on any atom is 0.258 e. The van der Waals surface area contributed by atoms with Crippen LogP contribution in [-0.2, 0) is 0 Å². The number of nitrogens with zero attached hydrogens (tertiary/aromatic N) is 2. The Morgan fingerprint density at radius 2 is 2.00 bits per heavy atom. The summed E-state index contributed by atoms with van der Waals surface area (Å²) in [5.74, 6) is 1.04. The number of carbonyl (C=O) groups is 1. The Balaban J connectivity index is 2.09. The van der Waals surface area contributed by atoms with Crippen LogP contribution in [0.1, 0.15) is 23.0 Å². The second-order valence-corrected chi connectivity index (χ2v) is 5.03. The van der Waals surface area contributed by atoms with E-state index in [1.807, 2.05) is 19.9 Å². The molecule has 0 aliphatic rings. The van der Waals surface area contributed by atoms with Crippen molar-refractivity contribution in [2.24, 2.45) is 0 Å². The molecule has 2 aromatic heterocycles. The van der Waals surface area contributed by atoms with Gasteiger partial charge in [-0.3, -0.25) is 4.79 Å². The maximum atomic E-state index is 12.1. The van der Waals surface area contributed by atoms with Crippen molar-refractivity contribution in [3.8, 4) is 0 Å². The molecule has 2 heterocycles. The second kappa shape index (κ2) is 6.47. The van der Waals surface area contributed by atoms with Gasteiger partial charge in [0.1, 0.15) is 11.6 Å². The molecule has 0 aliphatic heterocycles. The van der Waals surface area contributed by atoms with Gasteiger partial charge in [0.2, 0.25) is 0 Å². The highest BCUT2D eigenvalue weighted by molar-refractivity contribution is 9.10. The first-order valence-electron chi connectivity index (χ1n) is 6.24. The molecule has 2 rings (SSSR count). The van der Waals surface area contributed by atoms with Gasteiger partial charge in [-0.25, -0.2) is 9.97 Å². The van der Waals surface area contributed by atoms with Crippen molar-refractivity contribution in [3.63, 3.8) is 0 Å². The third kappa shape index (κ3) is 3.54. The summed E-state index contributed by atoms with van der Waals surface area (Å²) in [5.41, 5.74) is 1.32. The van der Waals surface area contributed by atoms with Gasteiger partial charge in [-0.15, -0.1) is 0 Å². The van der Waals surface area contributed by atoms with Gasteiger partial charge in [-0.1, -0.05) is 0 Å². The van der Waals surface area contributed by atoms with Crippen molar-refractivity contribution in [2.75, 3.05) is 17.2 Å². The van der Waals surface area contributed by atoms with Crippen LogP contribution in [0.5, 0.6) is 0 Å². The van der Waals surface area contributed by atoms with Gasteiger partial charge >= 0.3 is 0 Å². The van der Waals surface area contributed by atoms with E-state index in [1.165, 1.54) is 0 Å². The first kappa shape index (κ1) is 14.5. The maximum absolute atomic E-state index is 12.1. The fourth-order valence-electron chi connectivity index (χ4n) is 1.62. The van der Waals surface area contributed by atoms with Crippen LogP contribution in [0.2, 0.25) is 0 Å². The topological polar surface area (TPSA) is 66.9 Å². The summed E-state index contributed by atoms with van der Waals surface area (Å²) < 4.78 is 0.909. The van der Waals surface area contributed by atoms with Crippen LogP contribution in [0.3, 0.4) is 0 Å². The SMILES string of the molecule is CCNc1ccc(C(=O)Nc2ccc(Br)c(C)n2)cn1. The Bertz CT molecular complexity index is 613. The number of aromatic nitrogens is 2. The first-order valence-corrected chi connectivity index (χ1v) is 7.04. The molecule has 5 nitrogen and oxygen atoms in total. The number of carbonyl (C=O) groups excluding carboxylic acids is 1. The molecule has 0 fully saturated rings. The van der Waals surface area contributed by atoms with Gasteiger partial charge in [0.15, 0.2) is 0 Å². The van der Waals surface area contributed by atoms with Gasteiger partial charge in [0.05, 0.1) is 11.3 Å². The molecule has 20 heavy (non-hydrogen) atoms. The molecule has 0 bridgehead atoms. The van der Waals surface area contributed by atoms with Crippen molar-refractivity contribution in [3.05, 3.63) is 46.2 Å². The fourth-order valence-corrected chi connectivity index (χ4v) is 1.84. The van der Waals surface area contributed by atoms with E-state index in [0.29, 0.717) is 11.4 Å². The molecular weight excluding hydrogens is 320 g/mol. The van der Waals surface area contributed by atoms with E-state index in [9.17, 15) is 4.79 Å². The summed E-state index contributed by atoms with van der Waals surface area (Å²) >= 11 is 3.37. The predicted octanol–water partition coefficient (Wildman–Crippen LogP) is 3.23. The number of halogens is 1. The molecule has 0 spiro atoms. The number of hydrogen-bond donors (Lipinski definition) is 2. The van der Waals surface area contributed by atoms with Gasteiger partial charge < -0.3 is 10.6 Å². The molecule has 0 saturated heterocycles. The van der Waals surface area contributed by atoms with Gasteiger partial charge in [0, 0.05) is 17.2 Å². The zero-order chi connectivity index (χ0) is 14.5. The summed E-state index contributed by atoms with van der Waals surface area (Å²) in [5, 5.41) is 5.82. The average Bonchev–Trinajstić information content (AvgIpc) is 2.44. The van der Waals surface area contributed by atoms with E-state index in [2.05, 4.69) is 36.5 Å². The lowest BCUT2D eigenvalue weighted by molar-refractivity contribution is 0.102. The second-order valence-electron chi connectivity index (χ2n) is 4.18. The van der Waals surface area contributed by atoms with E-state index in [4.69, 9.17) is 0 Å². The van der Waals surface area contributed by atoms with Crippen molar-refractivity contribution in [1.82, 2.24) is 9.97 Å². The molecule has 0 unspecified atom stereocenters. The standard InChI is InChI=1S/C14H15BrN4O/c1-3-16-12-6-4-10(8-17-12)14(20)19-13-7-5-11(15)9(2)18-13/h4-8H,3H2,1-2H3,(H,16,17)(H,18,19,20). The lowest BCUT2D eigenvalue weighted by Crippen LogP contribution is -2.13. The molecule has 1 amide bonds. The van der Waals surface area contributed by atoms with Crippen LogP contribution in [0.25, 0.3) is 0 Å². The molecule has 0 saturated carbocycles. The summed E-state index contributed by atoms with van der Waals surface area (Å²) in [4.78, 5) is 20.5. The summed E-state index contributed by atoms with van der Waals surface area (Å²) in [6.45, 7) is 4.65. The summed E-state index contributed by atoms with van der Waals surface area (Å²) in [6, 6.07) is 7.10. The largest absolute Gasteiger partial charge is 0.370 e. The van der Waals surface area contributed by atoms with Gasteiger partial charge in [-0.05, 0) is 54.0 Å². The zero-order valence-corrected chi connectivity index (χ0v) is 12.9. The van der Waals surface area contributed by atoms with Crippen molar-refractivity contribution < 1.29 is 4.79 Å². The number of rotatable bonds is 4. The van der Waals surface area contributed by atoms with Crippen molar-refractivity contribution >= 4 is 33.5 Å². The van der Waals surface area contributed by atoms with Crippen LogP contribution in [0.15, 0.2) is 34.9 Å². The normalized spacial score (nSPS) is 10.2. The van der Waals surface area contributed by atoms with Gasteiger partial charge in [0.25, 0.3) is 5.91 Å². The number of pyridine rings is 2. The lowest BCUT2D eigenvalue weighted by atomic mass is 10.2. The number of aryl methyl sites for hydroxylation is 1. The number of nitrogens with one attached hydrogen (secondary N) is 2. The summed E-state index contributed by atoms with van der Waals surface area (Å²) in [6.07, 6.45) is 1.54. The van der Waals surface area contributed by atoms with E-state index in [0.717, 1.165) is 22.5 Å². The summed E-state index contributed by atoms with van der Waals surface area (Å²) in [7, 11) is 0. The highest BCUT2D eigenvalue weighted by Crippen LogP contribution is 2.16. The van der Waals surface area contributed by atoms with E-state index < -0.39 is 0 Å². The minimum atomic E-state index is -0.227. The third-order valence-corrected chi connectivity index (χ3v) is 3.48. The zero-order valence-electron chi connectivity index (χ0n) is 11.3. The van der Waals surface area contributed by atoms with Gasteiger partial charge in [-0.2, -0.15) is 0 Å². The van der Waals surface area contributed by atoms with E-state index in [-0.39, 0.29) is 5.91 Å². The van der Waals surface area contributed by atoms with Crippen molar-refractivity contribution in [2.45, 2.75) is 13.8 Å². The Morgan fingerprint density at radius 3 is 2.60 bits per heavy atom. The monoisotopic (exact) mass is 334 g/mol. The highest BCUT2D eigenvalue weighted by atomic mass is 79.9. The molecule has 6 heteroatoms. The quantitative estimate of drug-likeness (QED) is 0.900. The third-order valence-electron chi connectivity index (χ3n) is 2.65. The molecular formula is C14H15BrN4O. The molecule has 104 valence electrons. The molecule has 0 aromatic carbocycles. The van der Waals surface area contributed by atoms with E-state index in [1.54, 1.807) is 24.4 Å². The number of amides is 1. The first-order chi connectivity index (χ1) is 9.60. The number of anilines is 2. The Kier molecular flexibility index (Phi) is 4.68. The highest BCUT2D eigenvalue weighted by Gasteiger charge is 2.08. The number of hydrogen-bond acceptors (Lipinski definition) is 4. The molecule has 2 N–H and O–H groups in total. The minimum absolute atomic E-state index is 0.227. The average molecular weight is 335 g/mol. The van der Waals surface area contributed by atoms with Crippen LogP contribution in [0, 0.1) is 6.92 Å². The molecule has 0 radical (unpaired) electrons. The van der Waals surface area contributed by atoms with E-state index >= 15 is 0 Å². The Labute approximate surface area is 126 Å². The molecule has 0 aliphatic carbocycles. The van der Waals surface area contributed by atoms with Crippen LogP contribution in [-0.4, -0.2) is 22.4 Å². The Morgan fingerprint density at radius 1 is 1.25 bits per heavy atom. The smallest absolute Gasteiger partial charge is 0.258 e. The lowest BCUT2D eigenvalue weighted by Gasteiger charge is -2.07.